The van der Waals surface area contributed by atoms with E-state index in [0.29, 0.717) is 6.42 Å². The average Bonchev–Trinajstić information content (AvgIpc) is 2.40. The number of hydrogen-bond acceptors (Lipinski definition) is 3. The lowest BCUT2D eigenvalue weighted by Crippen LogP contribution is -2.46. The van der Waals surface area contributed by atoms with E-state index in [0.717, 1.165) is 42.0 Å². The molecule has 1 amide bonds. The molecule has 1 heterocycles. The fourth-order valence-corrected chi connectivity index (χ4v) is 2.48. The summed E-state index contributed by atoms with van der Waals surface area (Å²) in [5.41, 5.74) is 0.926. The second-order valence-corrected chi connectivity index (χ2v) is 5.18. The van der Waals surface area contributed by atoms with Gasteiger partial charge < -0.3 is 15.0 Å². The summed E-state index contributed by atoms with van der Waals surface area (Å²) in [6.45, 7) is 3.33. The zero-order chi connectivity index (χ0) is 13.0. The lowest BCUT2D eigenvalue weighted by Gasteiger charge is -2.27. The zero-order valence-electron chi connectivity index (χ0n) is 10.8. The summed E-state index contributed by atoms with van der Waals surface area (Å²) in [6, 6.07) is 5.74. The van der Waals surface area contributed by atoms with Gasteiger partial charge in [-0.1, -0.05) is 15.9 Å². The molecule has 0 unspecified atom stereocenters. The molecule has 1 saturated heterocycles. The summed E-state index contributed by atoms with van der Waals surface area (Å²) in [4.78, 5) is 14.1. The van der Waals surface area contributed by atoms with Crippen LogP contribution in [-0.4, -0.2) is 44.1 Å². The fourth-order valence-electron chi connectivity index (χ4n) is 2.07. The van der Waals surface area contributed by atoms with Gasteiger partial charge in [0.05, 0.1) is 13.5 Å². The van der Waals surface area contributed by atoms with Gasteiger partial charge in [-0.2, -0.15) is 0 Å². The summed E-state index contributed by atoms with van der Waals surface area (Å²) >= 11 is 3.42. The Morgan fingerprint density at radius 1 is 1.42 bits per heavy atom. The van der Waals surface area contributed by atoms with Crippen molar-refractivity contribution in [3.05, 3.63) is 28.2 Å². The van der Waals surface area contributed by atoms with Crippen LogP contribution in [0.4, 0.5) is 0 Å². The molecular formula is C13H18BrClN2O2. The van der Waals surface area contributed by atoms with E-state index in [2.05, 4.69) is 21.2 Å². The topological polar surface area (TPSA) is 41.6 Å². The molecule has 0 saturated carbocycles. The highest BCUT2D eigenvalue weighted by molar-refractivity contribution is 9.10. The van der Waals surface area contributed by atoms with Gasteiger partial charge in [0.25, 0.3) is 0 Å². The van der Waals surface area contributed by atoms with Crippen molar-refractivity contribution in [2.45, 2.75) is 6.42 Å². The number of nitrogens with zero attached hydrogens (tertiary/aromatic N) is 1. The first-order valence-electron chi connectivity index (χ1n) is 6.01. The minimum Gasteiger partial charge on any atom is -0.496 e. The molecule has 0 aliphatic carbocycles. The van der Waals surface area contributed by atoms with Gasteiger partial charge in [-0.15, -0.1) is 12.4 Å². The van der Waals surface area contributed by atoms with E-state index in [9.17, 15) is 4.79 Å². The Morgan fingerprint density at radius 3 is 2.74 bits per heavy atom. The van der Waals surface area contributed by atoms with Crippen LogP contribution in [0, 0.1) is 0 Å². The summed E-state index contributed by atoms with van der Waals surface area (Å²) in [5.74, 6) is 0.926. The Hall–Kier alpha value is -0.780. The molecule has 106 valence electrons. The number of methoxy groups -OCH3 is 1. The van der Waals surface area contributed by atoms with E-state index < -0.39 is 0 Å². The first kappa shape index (κ1) is 16.3. The third kappa shape index (κ3) is 4.37. The van der Waals surface area contributed by atoms with E-state index in [1.54, 1.807) is 7.11 Å². The number of ether oxygens (including phenoxy) is 1. The molecule has 0 radical (unpaired) electrons. The monoisotopic (exact) mass is 348 g/mol. The van der Waals surface area contributed by atoms with Gasteiger partial charge in [0.15, 0.2) is 0 Å². The van der Waals surface area contributed by atoms with E-state index >= 15 is 0 Å². The predicted molar refractivity (Wildman–Crippen MR) is 81.1 cm³/mol. The number of hydrogen-bond donors (Lipinski definition) is 1. The maximum Gasteiger partial charge on any atom is 0.227 e. The predicted octanol–water partition coefficient (Wildman–Crippen LogP) is 1.85. The lowest BCUT2D eigenvalue weighted by molar-refractivity contribution is -0.131. The largest absolute Gasteiger partial charge is 0.496 e. The minimum absolute atomic E-state index is 0. The van der Waals surface area contributed by atoms with Crippen LogP contribution in [0.25, 0.3) is 0 Å². The first-order chi connectivity index (χ1) is 8.70. The molecule has 1 aliphatic rings. The molecule has 1 aromatic carbocycles. The van der Waals surface area contributed by atoms with Gasteiger partial charge in [-0.05, 0) is 18.2 Å². The van der Waals surface area contributed by atoms with Crippen molar-refractivity contribution in [1.82, 2.24) is 10.2 Å². The smallest absolute Gasteiger partial charge is 0.227 e. The van der Waals surface area contributed by atoms with E-state index in [1.165, 1.54) is 0 Å². The molecule has 19 heavy (non-hydrogen) atoms. The first-order valence-corrected chi connectivity index (χ1v) is 6.81. The summed E-state index contributed by atoms with van der Waals surface area (Å²) < 4.78 is 6.25. The summed E-state index contributed by atoms with van der Waals surface area (Å²) in [5, 5.41) is 3.24. The van der Waals surface area contributed by atoms with Gasteiger partial charge in [0, 0.05) is 36.2 Å². The second-order valence-electron chi connectivity index (χ2n) is 4.26. The maximum absolute atomic E-state index is 12.2. The molecule has 0 bridgehead atoms. The number of rotatable bonds is 3. The number of amides is 1. The van der Waals surface area contributed by atoms with E-state index in [4.69, 9.17) is 4.74 Å². The molecular weight excluding hydrogens is 332 g/mol. The minimum atomic E-state index is 0. The van der Waals surface area contributed by atoms with Crippen molar-refractivity contribution in [1.29, 1.82) is 0 Å². The molecule has 1 aliphatic heterocycles. The molecule has 0 spiro atoms. The Balaban J connectivity index is 0.00000180. The Labute approximate surface area is 128 Å². The third-order valence-electron chi connectivity index (χ3n) is 3.05. The molecule has 0 atom stereocenters. The van der Waals surface area contributed by atoms with Gasteiger partial charge >= 0.3 is 0 Å². The SMILES string of the molecule is COc1ccc(Br)cc1CC(=O)N1CCNCC1.Cl. The molecule has 1 aromatic rings. The second kappa shape index (κ2) is 7.72. The van der Waals surface area contributed by atoms with Crippen molar-refractivity contribution < 1.29 is 9.53 Å². The number of nitrogens with one attached hydrogen (secondary N) is 1. The van der Waals surface area contributed by atoms with Crippen molar-refractivity contribution in [2.24, 2.45) is 0 Å². The average molecular weight is 350 g/mol. The van der Waals surface area contributed by atoms with Crippen LogP contribution in [-0.2, 0) is 11.2 Å². The number of carbonyl (C=O) groups is 1. The summed E-state index contributed by atoms with van der Waals surface area (Å²) in [6.07, 6.45) is 0.391. The third-order valence-corrected chi connectivity index (χ3v) is 3.55. The van der Waals surface area contributed by atoms with Gasteiger partial charge in [-0.25, -0.2) is 0 Å². The Bertz CT molecular complexity index is 437. The standard InChI is InChI=1S/C13H17BrN2O2.ClH/c1-18-12-3-2-11(14)8-10(12)9-13(17)16-6-4-15-5-7-16;/h2-3,8,15H,4-7,9H2,1H3;1H. The van der Waals surface area contributed by atoms with Crippen molar-refractivity contribution >= 4 is 34.2 Å². The quantitative estimate of drug-likeness (QED) is 0.905. The maximum atomic E-state index is 12.2. The van der Waals surface area contributed by atoms with E-state index in [-0.39, 0.29) is 18.3 Å². The van der Waals surface area contributed by atoms with Crippen LogP contribution in [0.3, 0.4) is 0 Å². The lowest BCUT2D eigenvalue weighted by atomic mass is 10.1. The number of benzene rings is 1. The molecule has 0 aromatic heterocycles. The number of carbonyl (C=O) groups excluding carboxylic acids is 1. The Morgan fingerprint density at radius 2 is 2.11 bits per heavy atom. The van der Waals surface area contributed by atoms with Gasteiger partial charge in [0.2, 0.25) is 5.91 Å². The molecule has 1 fully saturated rings. The highest BCUT2D eigenvalue weighted by Crippen LogP contribution is 2.23. The van der Waals surface area contributed by atoms with Crippen LogP contribution in [0.15, 0.2) is 22.7 Å². The normalized spacial score (nSPS) is 14.7. The van der Waals surface area contributed by atoms with Crippen molar-refractivity contribution in [3.63, 3.8) is 0 Å². The highest BCUT2D eigenvalue weighted by atomic mass is 79.9. The molecule has 1 N–H and O–H groups in total. The summed E-state index contributed by atoms with van der Waals surface area (Å²) in [7, 11) is 1.63. The van der Waals surface area contributed by atoms with Crippen LogP contribution in [0.2, 0.25) is 0 Å². The van der Waals surface area contributed by atoms with Crippen molar-refractivity contribution in [3.8, 4) is 5.75 Å². The van der Waals surface area contributed by atoms with Gasteiger partial charge in [0.1, 0.15) is 5.75 Å². The molecule has 4 nitrogen and oxygen atoms in total. The van der Waals surface area contributed by atoms with Gasteiger partial charge in [-0.3, -0.25) is 4.79 Å². The molecule has 6 heteroatoms. The Kier molecular flexibility index (Phi) is 6.62. The van der Waals surface area contributed by atoms with Crippen LogP contribution < -0.4 is 10.1 Å². The highest BCUT2D eigenvalue weighted by Gasteiger charge is 2.18. The van der Waals surface area contributed by atoms with Crippen LogP contribution in [0.1, 0.15) is 5.56 Å². The van der Waals surface area contributed by atoms with Crippen LogP contribution in [0.5, 0.6) is 5.75 Å². The van der Waals surface area contributed by atoms with Crippen LogP contribution >= 0.6 is 28.3 Å². The number of halogens is 2. The fraction of sp³-hybridized carbons (Fsp3) is 0.462. The molecule has 2 rings (SSSR count). The zero-order valence-corrected chi connectivity index (χ0v) is 13.2. The van der Waals surface area contributed by atoms with Crippen molar-refractivity contribution in [2.75, 3.05) is 33.3 Å². The number of piperazine rings is 1. The van der Waals surface area contributed by atoms with E-state index in [1.807, 2.05) is 23.1 Å².